The Morgan fingerprint density at radius 2 is 1.87 bits per heavy atom. The SMILES string of the molecule is CO[C@@H]1CCC1Nc1nnc(-c2c(F)cc(C3(F)CC3)cc2F)c2c1C1CCC(C2)O1. The molecular formula is C23H24F3N3O2. The predicted molar refractivity (Wildman–Crippen MR) is 107 cm³/mol. The van der Waals surface area contributed by atoms with E-state index in [0.717, 1.165) is 48.9 Å². The minimum Gasteiger partial charge on any atom is -0.379 e. The van der Waals surface area contributed by atoms with E-state index < -0.39 is 17.3 Å². The molecule has 3 fully saturated rings. The van der Waals surface area contributed by atoms with Crippen molar-refractivity contribution in [3.05, 3.63) is 40.5 Å². The predicted octanol–water partition coefficient (Wildman–Crippen LogP) is 4.75. The summed E-state index contributed by atoms with van der Waals surface area (Å²) in [5.74, 6) is -0.990. The molecule has 1 N–H and O–H groups in total. The third-order valence-electron chi connectivity index (χ3n) is 7.30. The summed E-state index contributed by atoms with van der Waals surface area (Å²) >= 11 is 0. The van der Waals surface area contributed by atoms with Crippen LogP contribution in [0.25, 0.3) is 11.3 Å². The zero-order chi connectivity index (χ0) is 21.3. The van der Waals surface area contributed by atoms with E-state index in [0.29, 0.717) is 25.1 Å². The van der Waals surface area contributed by atoms with Crippen LogP contribution in [0.3, 0.4) is 0 Å². The van der Waals surface area contributed by atoms with Gasteiger partial charge in [0.15, 0.2) is 5.82 Å². The number of aromatic nitrogens is 2. The molecule has 2 aliphatic heterocycles. The molecule has 2 aromatic rings. The number of ether oxygens (including phenoxy) is 2. The first-order valence-electron chi connectivity index (χ1n) is 11.0. The van der Waals surface area contributed by atoms with Crippen molar-refractivity contribution in [3.8, 4) is 11.3 Å². The molecule has 0 amide bonds. The number of hydrogen-bond donors (Lipinski definition) is 1. The smallest absolute Gasteiger partial charge is 0.155 e. The Kier molecular flexibility index (Phi) is 4.34. The molecule has 3 heterocycles. The summed E-state index contributed by atoms with van der Waals surface area (Å²) < 4.78 is 56.1. The van der Waals surface area contributed by atoms with Crippen molar-refractivity contribution < 1.29 is 22.6 Å². The minimum atomic E-state index is -1.60. The van der Waals surface area contributed by atoms with Gasteiger partial charge in [0.1, 0.15) is 23.0 Å². The van der Waals surface area contributed by atoms with Gasteiger partial charge >= 0.3 is 0 Å². The maximum atomic E-state index is 15.1. The average molecular weight is 431 g/mol. The van der Waals surface area contributed by atoms with Crippen LogP contribution in [0.15, 0.2) is 12.1 Å². The van der Waals surface area contributed by atoms with E-state index in [1.165, 1.54) is 0 Å². The molecule has 2 bridgehead atoms. The van der Waals surface area contributed by atoms with Gasteiger partial charge in [-0.15, -0.1) is 10.2 Å². The Balaban J connectivity index is 1.45. The molecule has 8 heteroatoms. The minimum absolute atomic E-state index is 0.00898. The largest absolute Gasteiger partial charge is 0.379 e. The molecule has 3 unspecified atom stereocenters. The molecule has 1 aromatic carbocycles. The number of rotatable bonds is 5. The first-order chi connectivity index (χ1) is 15.0. The Morgan fingerprint density at radius 3 is 2.52 bits per heavy atom. The van der Waals surface area contributed by atoms with Crippen LogP contribution < -0.4 is 5.32 Å². The van der Waals surface area contributed by atoms with Crippen LogP contribution in [-0.4, -0.2) is 35.6 Å². The number of anilines is 1. The second kappa shape index (κ2) is 6.90. The van der Waals surface area contributed by atoms with Crippen LogP contribution >= 0.6 is 0 Å². The summed E-state index contributed by atoms with van der Waals surface area (Å²) in [7, 11) is 1.69. The van der Waals surface area contributed by atoms with Gasteiger partial charge in [-0.2, -0.15) is 0 Å². The number of benzene rings is 1. The number of halogens is 3. The molecule has 1 saturated heterocycles. The molecule has 2 saturated carbocycles. The summed E-state index contributed by atoms with van der Waals surface area (Å²) in [5.41, 5.74) is 0.0347. The molecule has 4 atom stereocenters. The zero-order valence-corrected chi connectivity index (χ0v) is 17.3. The van der Waals surface area contributed by atoms with Gasteiger partial charge in [0.2, 0.25) is 0 Å². The van der Waals surface area contributed by atoms with Crippen LogP contribution in [-0.2, 0) is 21.6 Å². The van der Waals surface area contributed by atoms with Crippen LogP contribution in [0.1, 0.15) is 61.3 Å². The van der Waals surface area contributed by atoms with Crippen molar-refractivity contribution in [2.24, 2.45) is 0 Å². The van der Waals surface area contributed by atoms with Crippen molar-refractivity contribution >= 4 is 5.82 Å². The van der Waals surface area contributed by atoms with E-state index in [9.17, 15) is 4.39 Å². The quantitative estimate of drug-likeness (QED) is 0.741. The van der Waals surface area contributed by atoms with E-state index in [1.54, 1.807) is 7.11 Å². The van der Waals surface area contributed by atoms with E-state index in [1.807, 2.05) is 0 Å². The van der Waals surface area contributed by atoms with E-state index >= 15 is 8.78 Å². The lowest BCUT2D eigenvalue weighted by Crippen LogP contribution is -2.44. The normalized spacial score (nSPS) is 29.9. The van der Waals surface area contributed by atoms with Crippen molar-refractivity contribution in [2.75, 3.05) is 12.4 Å². The molecule has 0 radical (unpaired) electrons. The maximum absolute atomic E-state index is 15.1. The Hall–Kier alpha value is -2.19. The highest BCUT2D eigenvalue weighted by molar-refractivity contribution is 5.70. The number of nitrogens with one attached hydrogen (secondary N) is 1. The lowest BCUT2D eigenvalue weighted by molar-refractivity contribution is 0.0261. The van der Waals surface area contributed by atoms with Crippen molar-refractivity contribution in [1.82, 2.24) is 10.2 Å². The molecule has 5 nitrogen and oxygen atoms in total. The number of nitrogens with zero attached hydrogens (tertiary/aromatic N) is 2. The molecule has 4 aliphatic rings. The number of methoxy groups -OCH3 is 1. The molecule has 1 aromatic heterocycles. The fraction of sp³-hybridized carbons (Fsp3) is 0.565. The highest BCUT2D eigenvalue weighted by atomic mass is 19.1. The maximum Gasteiger partial charge on any atom is 0.155 e. The zero-order valence-electron chi connectivity index (χ0n) is 17.3. The molecule has 31 heavy (non-hydrogen) atoms. The molecular weight excluding hydrogens is 407 g/mol. The summed E-state index contributed by atoms with van der Waals surface area (Å²) in [5, 5.41) is 12.0. The van der Waals surface area contributed by atoms with Crippen LogP contribution in [0.2, 0.25) is 0 Å². The fourth-order valence-corrected chi connectivity index (χ4v) is 5.19. The molecule has 2 aliphatic carbocycles. The second-order valence-electron chi connectivity index (χ2n) is 9.20. The number of hydrogen-bond acceptors (Lipinski definition) is 5. The molecule has 164 valence electrons. The highest BCUT2D eigenvalue weighted by Gasteiger charge is 2.46. The third-order valence-corrected chi connectivity index (χ3v) is 7.30. The van der Waals surface area contributed by atoms with Gasteiger partial charge in [-0.3, -0.25) is 0 Å². The first-order valence-corrected chi connectivity index (χ1v) is 11.0. The van der Waals surface area contributed by atoms with E-state index in [2.05, 4.69) is 15.5 Å². The van der Waals surface area contributed by atoms with Crippen LogP contribution in [0, 0.1) is 11.6 Å². The topological polar surface area (TPSA) is 56.3 Å². The van der Waals surface area contributed by atoms with Gasteiger partial charge in [-0.25, -0.2) is 13.2 Å². The Morgan fingerprint density at radius 1 is 1.10 bits per heavy atom. The molecule has 6 rings (SSSR count). The lowest BCUT2D eigenvalue weighted by atomic mass is 9.88. The number of alkyl halides is 1. The van der Waals surface area contributed by atoms with Gasteiger partial charge in [0.05, 0.1) is 29.9 Å². The van der Waals surface area contributed by atoms with E-state index in [4.69, 9.17) is 9.47 Å². The first kappa shape index (κ1) is 19.5. The summed E-state index contributed by atoms with van der Waals surface area (Å²) in [4.78, 5) is 0. The average Bonchev–Trinajstić information content (AvgIpc) is 3.37. The van der Waals surface area contributed by atoms with Crippen LogP contribution in [0.4, 0.5) is 19.0 Å². The van der Waals surface area contributed by atoms with Gasteiger partial charge in [-0.05, 0) is 61.8 Å². The Bertz CT molecular complexity index is 1030. The second-order valence-corrected chi connectivity index (χ2v) is 9.20. The lowest BCUT2D eigenvalue weighted by Gasteiger charge is -2.37. The molecule has 0 spiro atoms. The van der Waals surface area contributed by atoms with Crippen LogP contribution in [0.5, 0.6) is 0 Å². The van der Waals surface area contributed by atoms with Crippen molar-refractivity contribution in [3.63, 3.8) is 0 Å². The van der Waals surface area contributed by atoms with Gasteiger partial charge in [-0.1, -0.05) is 0 Å². The van der Waals surface area contributed by atoms with Crippen molar-refractivity contribution in [1.29, 1.82) is 0 Å². The van der Waals surface area contributed by atoms with Gasteiger partial charge in [0, 0.05) is 19.1 Å². The van der Waals surface area contributed by atoms with Gasteiger partial charge in [0.25, 0.3) is 0 Å². The monoisotopic (exact) mass is 431 g/mol. The summed E-state index contributed by atoms with van der Waals surface area (Å²) in [6.45, 7) is 0. The fourth-order valence-electron chi connectivity index (χ4n) is 5.19. The third kappa shape index (κ3) is 3.06. The number of fused-ring (bicyclic) bond motifs is 4. The van der Waals surface area contributed by atoms with Gasteiger partial charge < -0.3 is 14.8 Å². The highest BCUT2D eigenvalue weighted by Crippen LogP contribution is 2.51. The standard InChI is InChI=1S/C23H24F3N3O2/c1-30-17-5-3-16(17)27-22-19-13(10-12-2-4-18(19)31-12)21(28-29-22)20-14(24)8-11(9-15(20)25)23(26)6-7-23/h8-9,12,16-18H,2-7,10H2,1H3,(H,27,29)/t12?,16?,17-,18?/m1/s1. The Labute approximate surface area is 178 Å². The van der Waals surface area contributed by atoms with E-state index in [-0.39, 0.29) is 41.2 Å². The summed E-state index contributed by atoms with van der Waals surface area (Å²) in [6, 6.07) is 2.34. The summed E-state index contributed by atoms with van der Waals surface area (Å²) in [6.07, 6.45) is 4.72. The van der Waals surface area contributed by atoms with Crippen molar-refractivity contribution in [2.45, 2.75) is 75.0 Å².